The molecule has 1 saturated heterocycles. The van der Waals surface area contributed by atoms with E-state index in [-0.39, 0.29) is 5.91 Å². The molecule has 126 valence electrons. The molecule has 1 aliphatic heterocycles. The molecule has 1 fully saturated rings. The van der Waals surface area contributed by atoms with Gasteiger partial charge in [-0.05, 0) is 57.4 Å². The molecule has 1 heterocycles. The van der Waals surface area contributed by atoms with Gasteiger partial charge in [-0.15, -0.1) is 0 Å². The first kappa shape index (κ1) is 17.3. The molecule has 2 rings (SSSR count). The Morgan fingerprint density at radius 3 is 2.65 bits per heavy atom. The number of rotatable bonds is 6. The molecule has 1 aliphatic rings. The van der Waals surface area contributed by atoms with Crippen LogP contribution in [0.25, 0.3) is 0 Å². The van der Waals surface area contributed by atoms with Gasteiger partial charge in [0.1, 0.15) is 11.5 Å². The van der Waals surface area contributed by atoms with Crippen molar-refractivity contribution < 1.29 is 23.8 Å². The molecule has 6 heteroatoms. The first-order valence-electron chi connectivity index (χ1n) is 7.98. The quantitative estimate of drug-likeness (QED) is 0.641. The molecule has 0 unspecified atom stereocenters. The number of hydrogen-bond donors (Lipinski definition) is 1. The van der Waals surface area contributed by atoms with Gasteiger partial charge in [-0.2, -0.15) is 0 Å². The Morgan fingerprint density at radius 2 is 1.96 bits per heavy atom. The predicted molar refractivity (Wildman–Crippen MR) is 84.4 cm³/mol. The van der Waals surface area contributed by atoms with Crippen LogP contribution in [0.4, 0.5) is 0 Å². The van der Waals surface area contributed by atoms with Gasteiger partial charge in [0.25, 0.3) is 5.91 Å². The second-order valence-corrected chi connectivity index (χ2v) is 5.38. The summed E-state index contributed by atoms with van der Waals surface area (Å²) in [5.74, 6) is 0.469. The fraction of sp³-hybridized carbons (Fsp3) is 0.529. The summed E-state index contributed by atoms with van der Waals surface area (Å²) in [5.41, 5.74) is 0. The molecular formula is C17H23NO5. The molecular weight excluding hydrogens is 298 g/mol. The van der Waals surface area contributed by atoms with E-state index in [1.807, 2.05) is 6.92 Å². The molecule has 0 aromatic heterocycles. The van der Waals surface area contributed by atoms with Gasteiger partial charge in [-0.3, -0.25) is 4.79 Å². The molecule has 0 bridgehead atoms. The van der Waals surface area contributed by atoms with Crippen molar-refractivity contribution in [2.45, 2.75) is 45.3 Å². The predicted octanol–water partition coefficient (Wildman–Crippen LogP) is 2.06. The average molecular weight is 321 g/mol. The topological polar surface area (TPSA) is 73.9 Å². The highest BCUT2D eigenvalue weighted by Gasteiger charge is 2.22. The van der Waals surface area contributed by atoms with E-state index in [0.29, 0.717) is 31.1 Å². The molecule has 1 amide bonds. The van der Waals surface area contributed by atoms with Gasteiger partial charge in [0.2, 0.25) is 0 Å². The Bertz CT molecular complexity index is 528. The Morgan fingerprint density at radius 1 is 1.26 bits per heavy atom. The maximum absolute atomic E-state index is 11.8. The Hall–Kier alpha value is -2.08. The summed E-state index contributed by atoms with van der Waals surface area (Å²) in [6, 6.07) is 6.65. The lowest BCUT2D eigenvalue weighted by Crippen LogP contribution is -2.36. The van der Waals surface area contributed by atoms with Crippen molar-refractivity contribution in [2.24, 2.45) is 0 Å². The van der Waals surface area contributed by atoms with E-state index < -0.39 is 18.2 Å². The van der Waals surface area contributed by atoms with Gasteiger partial charge in [-0.25, -0.2) is 4.79 Å². The number of esters is 1. The summed E-state index contributed by atoms with van der Waals surface area (Å²) in [6.45, 7) is 4.62. The van der Waals surface area contributed by atoms with Gasteiger partial charge in [-0.1, -0.05) is 0 Å². The third-order valence-corrected chi connectivity index (χ3v) is 3.55. The van der Waals surface area contributed by atoms with Gasteiger partial charge >= 0.3 is 5.97 Å². The van der Waals surface area contributed by atoms with Crippen molar-refractivity contribution in [1.29, 1.82) is 0 Å². The van der Waals surface area contributed by atoms with E-state index in [4.69, 9.17) is 14.2 Å². The van der Waals surface area contributed by atoms with Crippen LogP contribution in [-0.4, -0.2) is 37.2 Å². The number of nitrogens with one attached hydrogen (secondary N) is 1. The van der Waals surface area contributed by atoms with E-state index in [1.54, 1.807) is 31.2 Å². The second-order valence-electron chi connectivity index (χ2n) is 5.38. The fourth-order valence-electron chi connectivity index (χ4n) is 2.29. The maximum atomic E-state index is 11.8. The van der Waals surface area contributed by atoms with Gasteiger partial charge < -0.3 is 19.5 Å². The lowest BCUT2D eigenvalue weighted by atomic mass is 10.2. The van der Waals surface area contributed by atoms with E-state index in [2.05, 4.69) is 5.32 Å². The number of hydrogen-bond acceptors (Lipinski definition) is 5. The summed E-state index contributed by atoms with van der Waals surface area (Å²) in [6.07, 6.45) is 1.55. The zero-order valence-electron chi connectivity index (χ0n) is 13.5. The van der Waals surface area contributed by atoms with Crippen LogP contribution in [0.2, 0.25) is 0 Å². The van der Waals surface area contributed by atoms with Crippen molar-refractivity contribution in [1.82, 2.24) is 5.32 Å². The summed E-state index contributed by atoms with van der Waals surface area (Å²) < 4.78 is 16.1. The number of benzene rings is 1. The van der Waals surface area contributed by atoms with E-state index in [9.17, 15) is 9.59 Å². The molecule has 1 N–H and O–H groups in total. The monoisotopic (exact) mass is 321 g/mol. The van der Waals surface area contributed by atoms with Crippen LogP contribution in [0, 0.1) is 0 Å². The third kappa shape index (κ3) is 5.25. The lowest BCUT2D eigenvalue weighted by molar-refractivity contribution is -0.145. The first-order chi connectivity index (χ1) is 11.1. The van der Waals surface area contributed by atoms with Crippen molar-refractivity contribution in [3.05, 3.63) is 24.3 Å². The van der Waals surface area contributed by atoms with E-state index >= 15 is 0 Å². The number of ether oxygens (including phenoxy) is 3. The smallest absolute Gasteiger partial charge is 0.340 e. The van der Waals surface area contributed by atoms with E-state index in [0.717, 1.165) is 12.8 Å². The highest BCUT2D eigenvalue weighted by Crippen LogP contribution is 2.21. The molecule has 1 aromatic carbocycles. The average Bonchev–Trinajstić information content (AvgIpc) is 2.74. The lowest BCUT2D eigenvalue weighted by Gasteiger charge is -2.16. The SMILES string of the molecule is CCO[C@H](C)C(=O)Oc1ccc(O[C@@H]2CCCCNC2=O)cc1. The number of carbonyl (C=O) groups excluding carboxylic acids is 2. The Labute approximate surface area is 136 Å². The van der Waals surface area contributed by atoms with Crippen LogP contribution in [-0.2, 0) is 14.3 Å². The molecule has 0 saturated carbocycles. The highest BCUT2D eigenvalue weighted by molar-refractivity contribution is 5.81. The Balaban J connectivity index is 1.91. The third-order valence-electron chi connectivity index (χ3n) is 3.55. The zero-order valence-corrected chi connectivity index (χ0v) is 13.5. The summed E-state index contributed by atoms with van der Waals surface area (Å²) >= 11 is 0. The summed E-state index contributed by atoms with van der Waals surface area (Å²) in [4.78, 5) is 23.6. The second kappa shape index (κ2) is 8.53. The van der Waals surface area contributed by atoms with Gasteiger partial charge in [0.05, 0.1) is 0 Å². The first-order valence-corrected chi connectivity index (χ1v) is 7.98. The largest absolute Gasteiger partial charge is 0.481 e. The molecule has 1 aromatic rings. The number of amides is 1. The molecule has 23 heavy (non-hydrogen) atoms. The minimum absolute atomic E-state index is 0.0801. The van der Waals surface area contributed by atoms with Crippen molar-refractivity contribution in [3.8, 4) is 11.5 Å². The summed E-state index contributed by atoms with van der Waals surface area (Å²) in [5, 5.41) is 2.83. The minimum Gasteiger partial charge on any atom is -0.481 e. The molecule has 2 atom stereocenters. The number of carbonyl (C=O) groups is 2. The fourth-order valence-corrected chi connectivity index (χ4v) is 2.29. The van der Waals surface area contributed by atoms with Crippen molar-refractivity contribution in [3.63, 3.8) is 0 Å². The van der Waals surface area contributed by atoms with E-state index in [1.165, 1.54) is 0 Å². The van der Waals surface area contributed by atoms with Crippen molar-refractivity contribution in [2.75, 3.05) is 13.2 Å². The zero-order chi connectivity index (χ0) is 16.7. The van der Waals surface area contributed by atoms with Gasteiger partial charge in [0.15, 0.2) is 12.2 Å². The molecule has 0 spiro atoms. The normalized spacial score (nSPS) is 19.4. The molecule has 0 aliphatic carbocycles. The summed E-state index contributed by atoms with van der Waals surface area (Å²) in [7, 11) is 0. The van der Waals surface area contributed by atoms with Crippen LogP contribution >= 0.6 is 0 Å². The minimum atomic E-state index is -0.606. The van der Waals surface area contributed by atoms with Crippen LogP contribution in [0.3, 0.4) is 0 Å². The van der Waals surface area contributed by atoms with Gasteiger partial charge in [0, 0.05) is 13.2 Å². The van der Waals surface area contributed by atoms with Crippen LogP contribution < -0.4 is 14.8 Å². The maximum Gasteiger partial charge on any atom is 0.340 e. The molecule has 6 nitrogen and oxygen atoms in total. The van der Waals surface area contributed by atoms with Crippen LogP contribution in [0.1, 0.15) is 33.1 Å². The highest BCUT2D eigenvalue weighted by atomic mass is 16.6. The molecule has 0 radical (unpaired) electrons. The van der Waals surface area contributed by atoms with Crippen molar-refractivity contribution >= 4 is 11.9 Å². The van der Waals surface area contributed by atoms with Crippen LogP contribution in [0.15, 0.2) is 24.3 Å². The standard InChI is InChI=1S/C17H23NO5/c1-3-21-12(2)17(20)23-14-9-7-13(8-10-14)22-15-6-4-5-11-18-16(15)19/h7-10,12,15H,3-6,11H2,1-2H3,(H,18,19)/t12-,15-/m1/s1. The Kier molecular flexibility index (Phi) is 6.40. The van der Waals surface area contributed by atoms with Crippen LogP contribution in [0.5, 0.6) is 11.5 Å².